The van der Waals surface area contributed by atoms with Crippen molar-refractivity contribution in [3.05, 3.63) is 84.6 Å². The van der Waals surface area contributed by atoms with E-state index in [1.165, 1.54) is 11.1 Å². The first kappa shape index (κ1) is 13.6. The fourth-order valence-corrected chi connectivity index (χ4v) is 2.84. The molecule has 0 radical (unpaired) electrons. The van der Waals surface area contributed by atoms with Gasteiger partial charge in [0.2, 0.25) is 0 Å². The third kappa shape index (κ3) is 2.59. The zero-order valence-corrected chi connectivity index (χ0v) is 12.9. The Morgan fingerprint density at radius 2 is 1.17 bits per heavy atom. The smallest absolute Gasteiger partial charge is 0.0922 e. The van der Waals surface area contributed by atoms with Crippen molar-refractivity contribution in [3.63, 3.8) is 0 Å². The van der Waals surface area contributed by atoms with Gasteiger partial charge in [-0.3, -0.25) is 0 Å². The maximum atomic E-state index is 4.82. The third-order valence-corrected chi connectivity index (χ3v) is 3.99. The van der Waals surface area contributed by atoms with Gasteiger partial charge >= 0.3 is 0 Å². The minimum absolute atomic E-state index is 0.929. The molecule has 0 N–H and O–H groups in total. The molecule has 0 bridgehead atoms. The van der Waals surface area contributed by atoms with Crippen molar-refractivity contribution >= 4 is 11.0 Å². The Balaban J connectivity index is 1.86. The Kier molecular flexibility index (Phi) is 3.35. The number of hydrogen-bond acceptors (Lipinski definition) is 2. The predicted molar refractivity (Wildman–Crippen MR) is 95.1 cm³/mol. The average molecular weight is 296 g/mol. The first-order valence-corrected chi connectivity index (χ1v) is 7.70. The number of benzene rings is 3. The van der Waals surface area contributed by atoms with E-state index < -0.39 is 0 Å². The lowest BCUT2D eigenvalue weighted by Crippen LogP contribution is -1.94. The second-order valence-electron chi connectivity index (χ2n) is 5.59. The first-order chi connectivity index (χ1) is 11.3. The standard InChI is InChI=1S/C21H16N2/c1-15-21(23-20-13-6-5-12-19(20)22-15)18-11-7-10-17(14-18)16-8-3-2-4-9-16/h2-14H,1H3. The van der Waals surface area contributed by atoms with Gasteiger partial charge in [0.05, 0.1) is 22.4 Å². The summed E-state index contributed by atoms with van der Waals surface area (Å²) in [6, 6.07) is 26.9. The van der Waals surface area contributed by atoms with Crippen LogP contribution in [0.2, 0.25) is 0 Å². The van der Waals surface area contributed by atoms with Gasteiger partial charge in [-0.25, -0.2) is 9.97 Å². The summed E-state index contributed by atoms with van der Waals surface area (Å²) in [6.45, 7) is 2.02. The number of hydrogen-bond donors (Lipinski definition) is 0. The Bertz CT molecular complexity index is 975. The first-order valence-electron chi connectivity index (χ1n) is 7.70. The Labute approximate surface area is 135 Å². The molecule has 4 aromatic rings. The van der Waals surface area contributed by atoms with Crippen molar-refractivity contribution in [1.82, 2.24) is 9.97 Å². The number of rotatable bonds is 2. The Morgan fingerprint density at radius 1 is 0.565 bits per heavy atom. The van der Waals surface area contributed by atoms with E-state index in [1.54, 1.807) is 0 Å². The molecule has 0 amide bonds. The molecule has 110 valence electrons. The molecule has 0 saturated heterocycles. The highest BCUT2D eigenvalue weighted by Crippen LogP contribution is 2.27. The van der Waals surface area contributed by atoms with Crippen molar-refractivity contribution in [2.24, 2.45) is 0 Å². The summed E-state index contributed by atoms with van der Waals surface area (Å²) < 4.78 is 0. The van der Waals surface area contributed by atoms with Gasteiger partial charge in [-0.1, -0.05) is 60.7 Å². The van der Waals surface area contributed by atoms with Crippen LogP contribution in [-0.2, 0) is 0 Å². The number of aromatic nitrogens is 2. The zero-order valence-electron chi connectivity index (χ0n) is 12.9. The predicted octanol–water partition coefficient (Wildman–Crippen LogP) is 5.27. The van der Waals surface area contributed by atoms with Crippen LogP contribution < -0.4 is 0 Å². The quantitative estimate of drug-likeness (QED) is 0.503. The summed E-state index contributed by atoms with van der Waals surface area (Å²) in [7, 11) is 0. The van der Waals surface area contributed by atoms with Crippen LogP contribution in [0, 0.1) is 6.92 Å². The SMILES string of the molecule is Cc1nc2ccccc2nc1-c1cccc(-c2ccccc2)c1. The molecule has 0 atom stereocenters. The lowest BCUT2D eigenvalue weighted by Gasteiger charge is -2.09. The van der Waals surface area contributed by atoms with E-state index in [4.69, 9.17) is 9.97 Å². The molecule has 2 heteroatoms. The topological polar surface area (TPSA) is 25.8 Å². The summed E-state index contributed by atoms with van der Waals surface area (Å²) in [4.78, 5) is 9.51. The lowest BCUT2D eigenvalue weighted by molar-refractivity contribution is 1.19. The number of nitrogens with zero attached hydrogens (tertiary/aromatic N) is 2. The minimum Gasteiger partial charge on any atom is -0.249 e. The Hall–Kier alpha value is -3.00. The molecule has 0 unspecified atom stereocenters. The van der Waals surface area contributed by atoms with E-state index in [0.717, 1.165) is 28.0 Å². The van der Waals surface area contributed by atoms with Gasteiger partial charge in [-0.05, 0) is 36.2 Å². The van der Waals surface area contributed by atoms with Gasteiger partial charge in [0.1, 0.15) is 0 Å². The van der Waals surface area contributed by atoms with E-state index in [1.807, 2.05) is 37.3 Å². The van der Waals surface area contributed by atoms with Crippen LogP contribution in [-0.4, -0.2) is 9.97 Å². The molecule has 0 aliphatic heterocycles. The molecule has 1 aromatic heterocycles. The molecule has 1 heterocycles. The van der Waals surface area contributed by atoms with E-state index in [-0.39, 0.29) is 0 Å². The maximum absolute atomic E-state index is 4.82. The van der Waals surface area contributed by atoms with Crippen LogP contribution in [0.25, 0.3) is 33.4 Å². The number of para-hydroxylation sites is 2. The molecule has 2 nitrogen and oxygen atoms in total. The molecule has 23 heavy (non-hydrogen) atoms. The summed E-state index contributed by atoms with van der Waals surface area (Å²) in [5, 5.41) is 0. The van der Waals surface area contributed by atoms with Crippen molar-refractivity contribution in [2.75, 3.05) is 0 Å². The highest BCUT2D eigenvalue weighted by atomic mass is 14.8. The fourth-order valence-electron chi connectivity index (χ4n) is 2.84. The molecule has 0 spiro atoms. The second kappa shape index (κ2) is 5.65. The number of fused-ring (bicyclic) bond motifs is 1. The van der Waals surface area contributed by atoms with Crippen LogP contribution in [0.15, 0.2) is 78.9 Å². The van der Waals surface area contributed by atoms with Gasteiger partial charge in [-0.2, -0.15) is 0 Å². The van der Waals surface area contributed by atoms with Crippen molar-refractivity contribution in [3.8, 4) is 22.4 Å². The van der Waals surface area contributed by atoms with Gasteiger partial charge < -0.3 is 0 Å². The zero-order chi connectivity index (χ0) is 15.6. The Morgan fingerprint density at radius 3 is 1.96 bits per heavy atom. The van der Waals surface area contributed by atoms with Crippen LogP contribution >= 0.6 is 0 Å². The summed E-state index contributed by atoms with van der Waals surface area (Å²) in [5.41, 5.74) is 7.27. The molecule has 0 aliphatic rings. The monoisotopic (exact) mass is 296 g/mol. The maximum Gasteiger partial charge on any atom is 0.0922 e. The molecular weight excluding hydrogens is 280 g/mol. The molecule has 4 rings (SSSR count). The summed E-state index contributed by atoms with van der Waals surface area (Å²) >= 11 is 0. The summed E-state index contributed by atoms with van der Waals surface area (Å²) in [5.74, 6) is 0. The van der Waals surface area contributed by atoms with Crippen molar-refractivity contribution < 1.29 is 0 Å². The van der Waals surface area contributed by atoms with Crippen LogP contribution in [0.4, 0.5) is 0 Å². The van der Waals surface area contributed by atoms with Crippen LogP contribution in [0.3, 0.4) is 0 Å². The highest BCUT2D eigenvalue weighted by Gasteiger charge is 2.08. The van der Waals surface area contributed by atoms with Crippen molar-refractivity contribution in [1.29, 1.82) is 0 Å². The fraction of sp³-hybridized carbons (Fsp3) is 0.0476. The third-order valence-electron chi connectivity index (χ3n) is 3.99. The van der Waals surface area contributed by atoms with E-state index in [9.17, 15) is 0 Å². The summed E-state index contributed by atoms with van der Waals surface area (Å²) in [6.07, 6.45) is 0. The average Bonchev–Trinajstić information content (AvgIpc) is 2.62. The van der Waals surface area contributed by atoms with E-state index in [2.05, 4.69) is 48.5 Å². The van der Waals surface area contributed by atoms with Gasteiger partial charge in [0.25, 0.3) is 0 Å². The molecule has 0 aliphatic carbocycles. The van der Waals surface area contributed by atoms with E-state index >= 15 is 0 Å². The molecule has 0 saturated carbocycles. The molecule has 0 fully saturated rings. The molecular formula is C21H16N2. The van der Waals surface area contributed by atoms with Gasteiger partial charge in [-0.15, -0.1) is 0 Å². The van der Waals surface area contributed by atoms with Gasteiger partial charge in [0.15, 0.2) is 0 Å². The second-order valence-corrected chi connectivity index (χ2v) is 5.59. The normalized spacial score (nSPS) is 10.8. The molecule has 3 aromatic carbocycles. The lowest BCUT2D eigenvalue weighted by atomic mass is 10.0. The minimum atomic E-state index is 0.929. The number of aryl methyl sites for hydroxylation is 1. The van der Waals surface area contributed by atoms with Gasteiger partial charge in [0, 0.05) is 5.56 Å². The van der Waals surface area contributed by atoms with Crippen LogP contribution in [0.1, 0.15) is 5.69 Å². The largest absolute Gasteiger partial charge is 0.249 e. The highest BCUT2D eigenvalue weighted by molar-refractivity contribution is 5.79. The van der Waals surface area contributed by atoms with Crippen molar-refractivity contribution in [2.45, 2.75) is 6.92 Å². The van der Waals surface area contributed by atoms with E-state index in [0.29, 0.717) is 0 Å². The van der Waals surface area contributed by atoms with Crippen LogP contribution in [0.5, 0.6) is 0 Å².